The third kappa shape index (κ3) is 1.72. The number of benzene rings is 1. The molecule has 4 heteroatoms. The zero-order valence-electron chi connectivity index (χ0n) is 7.37. The fourth-order valence-corrected chi connectivity index (χ4v) is 1.30. The van der Waals surface area contributed by atoms with Crippen LogP contribution in [-0.4, -0.2) is 11.1 Å². The van der Waals surface area contributed by atoms with Crippen molar-refractivity contribution in [2.75, 3.05) is 11.5 Å². The summed E-state index contributed by atoms with van der Waals surface area (Å²) in [6, 6.07) is 3.00. The molecule has 1 rings (SSSR count). The second kappa shape index (κ2) is 3.35. The van der Waals surface area contributed by atoms with Crippen LogP contribution in [0.5, 0.6) is 0 Å². The van der Waals surface area contributed by atoms with Gasteiger partial charge in [0, 0.05) is 11.4 Å². The number of carbonyl (C=O) groups is 1. The molecular weight excluding hydrogens is 168 g/mol. The highest BCUT2D eigenvalue weighted by Crippen LogP contribution is 2.21. The number of nitrogens with two attached hydrogens (primary N) is 2. The van der Waals surface area contributed by atoms with E-state index in [0.717, 1.165) is 0 Å². The number of hydrogen-bond acceptors (Lipinski definition) is 3. The number of carboxylic acids is 1. The molecule has 0 saturated carbocycles. The van der Waals surface area contributed by atoms with E-state index in [4.69, 9.17) is 16.6 Å². The summed E-state index contributed by atoms with van der Waals surface area (Å²) < 4.78 is 0. The average Bonchev–Trinajstić information content (AvgIpc) is 2.02. The van der Waals surface area contributed by atoms with E-state index in [0.29, 0.717) is 23.4 Å². The zero-order chi connectivity index (χ0) is 10.0. The predicted octanol–water partition coefficient (Wildman–Crippen LogP) is 1.11. The summed E-state index contributed by atoms with van der Waals surface area (Å²) in [5, 5.41) is 8.83. The van der Waals surface area contributed by atoms with Crippen molar-refractivity contribution < 1.29 is 9.90 Å². The number of hydrogen-bond donors (Lipinski definition) is 3. The Labute approximate surface area is 76.2 Å². The van der Waals surface area contributed by atoms with Crippen LogP contribution in [0.4, 0.5) is 11.4 Å². The Morgan fingerprint density at radius 1 is 1.46 bits per heavy atom. The summed E-state index contributed by atoms with van der Waals surface area (Å²) in [5.74, 6) is -0.990. The Kier molecular flexibility index (Phi) is 2.41. The van der Waals surface area contributed by atoms with Gasteiger partial charge in [0.1, 0.15) is 0 Å². The van der Waals surface area contributed by atoms with Crippen molar-refractivity contribution >= 4 is 17.3 Å². The molecule has 5 N–H and O–H groups in total. The number of carboxylic acid groups (broad SMARTS) is 1. The highest BCUT2D eigenvalue weighted by atomic mass is 16.4. The van der Waals surface area contributed by atoms with Crippen LogP contribution in [0.2, 0.25) is 0 Å². The Morgan fingerprint density at radius 2 is 2.08 bits per heavy atom. The van der Waals surface area contributed by atoms with Gasteiger partial charge in [-0.2, -0.15) is 0 Å². The monoisotopic (exact) mass is 180 g/mol. The molecule has 0 aliphatic heterocycles. The summed E-state index contributed by atoms with van der Waals surface area (Å²) in [4.78, 5) is 10.8. The van der Waals surface area contributed by atoms with Crippen molar-refractivity contribution in [1.82, 2.24) is 0 Å². The second-order valence-electron chi connectivity index (χ2n) is 2.79. The largest absolute Gasteiger partial charge is 0.478 e. The molecule has 0 aliphatic rings. The van der Waals surface area contributed by atoms with Gasteiger partial charge in [-0.3, -0.25) is 0 Å². The molecule has 0 amide bonds. The van der Waals surface area contributed by atoms with Crippen molar-refractivity contribution in [1.29, 1.82) is 0 Å². The lowest BCUT2D eigenvalue weighted by atomic mass is 10.0. The molecule has 0 radical (unpaired) electrons. The molecule has 0 atom stereocenters. The molecule has 0 saturated heterocycles. The van der Waals surface area contributed by atoms with Crippen LogP contribution in [0.15, 0.2) is 12.1 Å². The topological polar surface area (TPSA) is 89.3 Å². The lowest BCUT2D eigenvalue weighted by Gasteiger charge is -2.08. The zero-order valence-corrected chi connectivity index (χ0v) is 7.37. The third-order valence-electron chi connectivity index (χ3n) is 1.89. The quantitative estimate of drug-likeness (QED) is 0.595. The minimum atomic E-state index is -0.990. The molecule has 0 bridgehead atoms. The van der Waals surface area contributed by atoms with E-state index < -0.39 is 5.97 Å². The van der Waals surface area contributed by atoms with E-state index in [1.807, 2.05) is 6.92 Å². The average molecular weight is 180 g/mol. The summed E-state index contributed by atoms with van der Waals surface area (Å²) in [5.41, 5.74) is 12.8. The molecule has 70 valence electrons. The summed E-state index contributed by atoms with van der Waals surface area (Å²) >= 11 is 0. The van der Waals surface area contributed by atoms with E-state index in [1.54, 1.807) is 6.07 Å². The standard InChI is InChI=1S/C9H12N2O2/c1-2-6-7(9(12)13)3-5(10)4-8(6)11/h3-4H,2,10-11H2,1H3,(H,12,13). The molecule has 0 fully saturated rings. The highest BCUT2D eigenvalue weighted by molar-refractivity contribution is 5.92. The molecule has 0 aromatic heterocycles. The Balaban J connectivity index is 3.38. The first-order valence-electron chi connectivity index (χ1n) is 3.97. The van der Waals surface area contributed by atoms with E-state index in [1.165, 1.54) is 6.07 Å². The first-order chi connectivity index (χ1) is 6.06. The Hall–Kier alpha value is -1.71. The first-order valence-corrected chi connectivity index (χ1v) is 3.97. The molecule has 13 heavy (non-hydrogen) atoms. The van der Waals surface area contributed by atoms with Gasteiger partial charge in [-0.05, 0) is 24.1 Å². The molecule has 0 spiro atoms. The smallest absolute Gasteiger partial charge is 0.336 e. The van der Waals surface area contributed by atoms with Gasteiger partial charge in [0.15, 0.2) is 0 Å². The molecule has 0 heterocycles. The molecule has 0 unspecified atom stereocenters. The van der Waals surface area contributed by atoms with E-state index >= 15 is 0 Å². The van der Waals surface area contributed by atoms with E-state index in [9.17, 15) is 4.79 Å². The van der Waals surface area contributed by atoms with Gasteiger partial charge in [0.2, 0.25) is 0 Å². The SMILES string of the molecule is CCc1c(N)cc(N)cc1C(=O)O. The van der Waals surface area contributed by atoms with Crippen molar-refractivity contribution in [2.45, 2.75) is 13.3 Å². The van der Waals surface area contributed by atoms with Crippen molar-refractivity contribution in [3.05, 3.63) is 23.3 Å². The molecule has 1 aromatic rings. The van der Waals surface area contributed by atoms with Crippen LogP contribution in [0.1, 0.15) is 22.8 Å². The lowest BCUT2D eigenvalue weighted by Crippen LogP contribution is -2.06. The summed E-state index contributed by atoms with van der Waals surface area (Å²) in [6.07, 6.45) is 0.591. The van der Waals surface area contributed by atoms with Gasteiger partial charge in [0.05, 0.1) is 5.56 Å². The maximum absolute atomic E-state index is 10.8. The maximum Gasteiger partial charge on any atom is 0.336 e. The normalized spacial score (nSPS) is 9.92. The van der Waals surface area contributed by atoms with E-state index in [-0.39, 0.29) is 5.56 Å². The highest BCUT2D eigenvalue weighted by Gasteiger charge is 2.11. The van der Waals surface area contributed by atoms with Crippen LogP contribution < -0.4 is 11.5 Å². The number of aromatic carboxylic acids is 1. The van der Waals surface area contributed by atoms with Crippen molar-refractivity contribution in [2.24, 2.45) is 0 Å². The van der Waals surface area contributed by atoms with Gasteiger partial charge in [0.25, 0.3) is 0 Å². The van der Waals surface area contributed by atoms with Crippen LogP contribution in [-0.2, 0) is 6.42 Å². The molecule has 1 aromatic carbocycles. The van der Waals surface area contributed by atoms with Crippen LogP contribution in [0, 0.1) is 0 Å². The number of anilines is 2. The Bertz CT molecular complexity index is 348. The third-order valence-corrected chi connectivity index (χ3v) is 1.89. The van der Waals surface area contributed by atoms with E-state index in [2.05, 4.69) is 0 Å². The molecule has 4 nitrogen and oxygen atoms in total. The fraction of sp³-hybridized carbons (Fsp3) is 0.222. The molecule has 0 aliphatic carbocycles. The Morgan fingerprint density at radius 3 is 2.54 bits per heavy atom. The summed E-state index contributed by atoms with van der Waals surface area (Å²) in [7, 11) is 0. The van der Waals surface area contributed by atoms with Gasteiger partial charge in [-0.15, -0.1) is 0 Å². The van der Waals surface area contributed by atoms with Crippen molar-refractivity contribution in [3.8, 4) is 0 Å². The van der Waals surface area contributed by atoms with Crippen LogP contribution in [0.25, 0.3) is 0 Å². The van der Waals surface area contributed by atoms with Crippen LogP contribution in [0.3, 0.4) is 0 Å². The summed E-state index contributed by atoms with van der Waals surface area (Å²) in [6.45, 7) is 1.86. The van der Waals surface area contributed by atoms with Gasteiger partial charge >= 0.3 is 5.97 Å². The van der Waals surface area contributed by atoms with Gasteiger partial charge < -0.3 is 16.6 Å². The number of rotatable bonds is 2. The lowest BCUT2D eigenvalue weighted by molar-refractivity contribution is 0.0696. The second-order valence-corrected chi connectivity index (χ2v) is 2.79. The van der Waals surface area contributed by atoms with Gasteiger partial charge in [-0.25, -0.2) is 4.79 Å². The van der Waals surface area contributed by atoms with Crippen LogP contribution >= 0.6 is 0 Å². The first kappa shape index (κ1) is 9.38. The number of nitrogen functional groups attached to an aromatic ring is 2. The predicted molar refractivity (Wildman–Crippen MR) is 51.6 cm³/mol. The fourth-order valence-electron chi connectivity index (χ4n) is 1.30. The minimum Gasteiger partial charge on any atom is -0.478 e. The maximum atomic E-state index is 10.8. The van der Waals surface area contributed by atoms with Crippen molar-refractivity contribution in [3.63, 3.8) is 0 Å². The van der Waals surface area contributed by atoms with Gasteiger partial charge in [-0.1, -0.05) is 6.92 Å². The molecular formula is C9H12N2O2. The minimum absolute atomic E-state index is 0.194.